The van der Waals surface area contributed by atoms with Crippen LogP contribution in [0, 0.1) is 53.3 Å². The predicted octanol–water partition coefficient (Wildman–Crippen LogP) is 26.6. The minimum Gasteiger partial charge on any atom is -0.481 e. The zero-order valence-electron chi connectivity index (χ0n) is 56.7. The number of nitrogens with two attached hydrogens (primary N) is 1. The third-order valence-corrected chi connectivity index (χ3v) is 13.1. The molecule has 0 aliphatic carbocycles. The average Bonchev–Trinajstić information content (AvgIpc) is 3.40. The third-order valence-electron chi connectivity index (χ3n) is 13.1. The van der Waals surface area contributed by atoms with Crippen LogP contribution in [0.4, 0.5) is 0 Å². The minimum atomic E-state index is -0.677. The lowest BCUT2D eigenvalue weighted by Gasteiger charge is -2.06. The summed E-state index contributed by atoms with van der Waals surface area (Å²) >= 11 is 0. The molecule has 0 radical (unpaired) electrons. The van der Waals surface area contributed by atoms with Crippen LogP contribution < -0.4 is 5.73 Å². The van der Waals surface area contributed by atoms with Crippen molar-refractivity contribution in [2.24, 2.45) is 59.0 Å². The van der Waals surface area contributed by atoms with E-state index in [2.05, 4.69) is 165 Å². The molecule has 0 aromatic rings. The highest BCUT2D eigenvalue weighted by Crippen LogP contribution is 2.13. The van der Waals surface area contributed by atoms with Gasteiger partial charge in [-0.2, -0.15) is 0 Å². The molecule has 0 aliphatic heterocycles. The van der Waals surface area contributed by atoms with Gasteiger partial charge in [0.2, 0.25) is 0 Å². The van der Waals surface area contributed by atoms with E-state index >= 15 is 0 Å². The smallest absolute Gasteiger partial charge is 0.303 e. The Kier molecular flexibility index (Phi) is 189. The van der Waals surface area contributed by atoms with Crippen molar-refractivity contribution in [2.45, 2.75) is 385 Å². The average molecular weight is 1080 g/mol. The molecule has 0 rings (SSSR count). The Morgan fingerprint density at radius 3 is 0.405 bits per heavy atom. The van der Waals surface area contributed by atoms with Gasteiger partial charge < -0.3 is 15.9 Å². The first-order valence-corrected chi connectivity index (χ1v) is 31.5. The summed E-state index contributed by atoms with van der Waals surface area (Å²) in [6, 6.07) is 0. The van der Waals surface area contributed by atoms with Crippen LogP contribution in [0.25, 0.3) is 0 Å². The van der Waals surface area contributed by atoms with Crippen LogP contribution in [0.2, 0.25) is 0 Å². The number of unbranched alkanes of at least 4 members (excludes halogenated alkanes) is 1. The fourth-order valence-electron chi connectivity index (χ4n) is 5.11. The molecule has 0 aliphatic rings. The lowest BCUT2D eigenvalue weighted by atomic mass is 10.00. The molecule has 4 N–H and O–H groups in total. The van der Waals surface area contributed by atoms with Crippen LogP contribution in [0.15, 0.2) is 0 Å². The van der Waals surface area contributed by atoms with E-state index < -0.39 is 11.9 Å². The van der Waals surface area contributed by atoms with Crippen molar-refractivity contribution in [1.82, 2.24) is 0 Å². The second-order valence-corrected chi connectivity index (χ2v) is 19.3. The van der Waals surface area contributed by atoms with Gasteiger partial charge in [-0.1, -0.05) is 372 Å². The van der Waals surface area contributed by atoms with Gasteiger partial charge in [0, 0.05) is 12.8 Å². The fraction of sp³-hybridized carbons (Fsp3) is 0.971. The molecule has 0 unspecified atom stereocenters. The lowest BCUT2D eigenvalue weighted by Crippen LogP contribution is -2.05. The Labute approximate surface area is 480 Å². The maximum Gasteiger partial charge on any atom is 0.303 e. The van der Waals surface area contributed by atoms with Crippen molar-refractivity contribution in [3.63, 3.8) is 0 Å². The predicted molar refractivity (Wildman–Crippen MR) is 359 cm³/mol. The first-order chi connectivity index (χ1) is 33.5. The zero-order valence-corrected chi connectivity index (χ0v) is 56.7. The van der Waals surface area contributed by atoms with E-state index in [1.807, 2.05) is 55.4 Å². The SMILES string of the molecule is C.C.C.CC.CC.CC(C)C.CCC(C)CC.CCC(C)CC.CCC(C)CC.CCC(CC)CC.CCC(CC)CC.CCC(CC)CC.CCC(CC)CC(=O)O.CCC(CC)CC(=O)O.CCCC.CN. The molecule has 0 saturated carbocycles. The van der Waals surface area contributed by atoms with Crippen molar-refractivity contribution in [3.8, 4) is 0 Å². The highest BCUT2D eigenvalue weighted by atomic mass is 16.4. The fourth-order valence-corrected chi connectivity index (χ4v) is 5.11. The molecular formula is C69H167NO4. The molecule has 0 fully saturated rings. The molecule has 0 saturated heterocycles. The molecule has 472 valence electrons. The lowest BCUT2D eigenvalue weighted by molar-refractivity contribution is -0.139. The van der Waals surface area contributed by atoms with Crippen LogP contribution in [-0.2, 0) is 9.59 Å². The Morgan fingerprint density at radius 1 is 0.284 bits per heavy atom. The van der Waals surface area contributed by atoms with Gasteiger partial charge in [-0.3, -0.25) is 9.59 Å². The quantitative estimate of drug-likeness (QED) is 0.0894. The summed E-state index contributed by atoms with van der Waals surface area (Å²) < 4.78 is 0. The maximum atomic E-state index is 10.1. The summed E-state index contributed by atoms with van der Waals surface area (Å²) in [4.78, 5) is 20.3. The Bertz CT molecular complexity index is 629. The van der Waals surface area contributed by atoms with E-state index in [4.69, 9.17) is 10.2 Å². The number of hydrogen-bond donors (Lipinski definition) is 3. The van der Waals surface area contributed by atoms with Crippen LogP contribution in [0.3, 0.4) is 0 Å². The summed E-state index contributed by atoms with van der Waals surface area (Å²) in [6.07, 6.45) is 27.4. The molecular weight excluding hydrogens is 907 g/mol. The van der Waals surface area contributed by atoms with Crippen LogP contribution >= 0.6 is 0 Å². The third kappa shape index (κ3) is 164. The molecule has 0 aromatic heterocycles. The molecule has 0 amide bonds. The number of carbonyl (C=O) groups is 2. The molecule has 0 aromatic carbocycles. The first-order valence-electron chi connectivity index (χ1n) is 31.5. The van der Waals surface area contributed by atoms with Crippen molar-refractivity contribution < 1.29 is 19.8 Å². The molecule has 0 bridgehead atoms. The van der Waals surface area contributed by atoms with E-state index in [0.29, 0.717) is 24.7 Å². The van der Waals surface area contributed by atoms with Crippen LogP contribution in [-0.4, -0.2) is 29.2 Å². The first kappa shape index (κ1) is 116. The topological polar surface area (TPSA) is 101 Å². The summed E-state index contributed by atoms with van der Waals surface area (Å²) in [5, 5.41) is 16.7. The Morgan fingerprint density at radius 2 is 0.392 bits per heavy atom. The van der Waals surface area contributed by atoms with Crippen molar-refractivity contribution in [3.05, 3.63) is 0 Å². The van der Waals surface area contributed by atoms with Gasteiger partial charge in [-0.15, -0.1) is 0 Å². The molecule has 0 spiro atoms. The Hall–Kier alpha value is -1.10. The maximum absolute atomic E-state index is 10.1. The molecule has 5 heteroatoms. The summed E-state index contributed by atoms with van der Waals surface area (Å²) in [5.41, 5.74) is 4.50. The summed E-state index contributed by atoms with van der Waals surface area (Å²) in [7, 11) is 1.50. The van der Waals surface area contributed by atoms with Crippen molar-refractivity contribution in [2.75, 3.05) is 7.05 Å². The van der Waals surface area contributed by atoms with Gasteiger partial charge in [0.05, 0.1) is 0 Å². The van der Waals surface area contributed by atoms with Gasteiger partial charge in [0.1, 0.15) is 0 Å². The van der Waals surface area contributed by atoms with E-state index in [1.165, 1.54) is 116 Å². The second kappa shape index (κ2) is 120. The molecule has 74 heavy (non-hydrogen) atoms. The number of aliphatic carboxylic acids is 2. The summed E-state index contributed by atoms with van der Waals surface area (Å²) in [5.74, 6) is 6.00. The van der Waals surface area contributed by atoms with Gasteiger partial charge in [-0.05, 0) is 60.3 Å². The van der Waals surface area contributed by atoms with E-state index in [0.717, 1.165) is 67.1 Å². The van der Waals surface area contributed by atoms with Gasteiger partial charge in [-0.25, -0.2) is 0 Å². The van der Waals surface area contributed by atoms with Crippen molar-refractivity contribution in [1.29, 1.82) is 0 Å². The largest absolute Gasteiger partial charge is 0.481 e. The highest BCUT2D eigenvalue weighted by Gasteiger charge is 2.08. The van der Waals surface area contributed by atoms with Crippen LogP contribution in [0.5, 0.6) is 0 Å². The van der Waals surface area contributed by atoms with Gasteiger partial charge in [0.15, 0.2) is 0 Å². The van der Waals surface area contributed by atoms with Crippen LogP contribution in [0.1, 0.15) is 385 Å². The monoisotopic (exact) mass is 1070 g/mol. The second-order valence-electron chi connectivity index (χ2n) is 19.3. The number of carboxylic acid groups (broad SMARTS) is 2. The number of hydrogen-bond acceptors (Lipinski definition) is 3. The highest BCUT2D eigenvalue weighted by molar-refractivity contribution is 5.67. The molecule has 0 heterocycles. The summed E-state index contributed by atoms with van der Waals surface area (Å²) in [6.45, 7) is 67.5. The van der Waals surface area contributed by atoms with E-state index in [-0.39, 0.29) is 22.3 Å². The number of carboxylic acids is 2. The standard InChI is InChI=1S/2C7H14O2.3C7H16.3C6H14.2C4H10.2C2H6.CH5N.3CH4/c2*1-3-6(4-2)5-7(8)9;3*1-4-7(5-2)6-3;3*1-4-6(3)5-2;1-4(2)3;1-3-4-2;3*1-2;;;/h2*6H,3-5H2,1-2H3,(H,8,9);3*7H,4-6H2,1-3H3;3*6H,4-5H2,1-3H3;4H,1-3H3;3-4H2,1-2H3;2*1-2H3;2H2,1H3;3*1H4. The number of rotatable bonds is 24. The van der Waals surface area contributed by atoms with E-state index in [9.17, 15) is 9.59 Å². The minimum absolute atomic E-state index is 0. The Balaban J connectivity index is -0.0000000357. The normalized spacial score (nSPS) is 8.95. The molecule has 0 atom stereocenters. The van der Waals surface area contributed by atoms with Crippen molar-refractivity contribution >= 4 is 11.9 Å². The molecule has 5 nitrogen and oxygen atoms in total. The van der Waals surface area contributed by atoms with Gasteiger partial charge in [0.25, 0.3) is 0 Å². The van der Waals surface area contributed by atoms with Gasteiger partial charge >= 0.3 is 11.9 Å². The van der Waals surface area contributed by atoms with E-state index in [1.54, 1.807) is 0 Å². The zero-order chi connectivity index (χ0) is 59.6.